The molecule has 1 atom stereocenters. The first-order chi connectivity index (χ1) is 8.95. The third-order valence-corrected chi connectivity index (χ3v) is 3.63. The summed E-state index contributed by atoms with van der Waals surface area (Å²) in [5.41, 5.74) is -1.17. The lowest BCUT2D eigenvalue weighted by Crippen LogP contribution is -2.57. The van der Waals surface area contributed by atoms with Crippen LogP contribution in [-0.2, 0) is 4.79 Å². The van der Waals surface area contributed by atoms with Gasteiger partial charge in [-0.3, -0.25) is 9.59 Å². The number of carboxylic acid groups (broad SMARTS) is 1. The summed E-state index contributed by atoms with van der Waals surface area (Å²) < 4.78 is 0. The van der Waals surface area contributed by atoms with Gasteiger partial charge in [0.05, 0.1) is 5.56 Å². The number of nitrogens with one attached hydrogen (secondary N) is 1. The Labute approximate surface area is 110 Å². The number of nitrogens with zero attached hydrogens (tertiary/aromatic N) is 1. The van der Waals surface area contributed by atoms with Crippen LogP contribution in [0.4, 0.5) is 0 Å². The second-order valence-corrected chi connectivity index (χ2v) is 4.93. The summed E-state index contributed by atoms with van der Waals surface area (Å²) in [5, 5.41) is 9.36. The van der Waals surface area contributed by atoms with Crippen LogP contribution in [0.15, 0.2) is 23.1 Å². The van der Waals surface area contributed by atoms with Crippen LogP contribution in [0.2, 0.25) is 0 Å². The van der Waals surface area contributed by atoms with Crippen LogP contribution in [0, 0.1) is 0 Å². The molecule has 102 valence electrons. The van der Waals surface area contributed by atoms with Crippen LogP contribution in [0.1, 0.15) is 36.5 Å². The molecule has 1 amide bonds. The minimum Gasteiger partial charge on any atom is -0.480 e. The summed E-state index contributed by atoms with van der Waals surface area (Å²) in [4.78, 5) is 38.6. The third-order valence-electron chi connectivity index (χ3n) is 3.63. The van der Waals surface area contributed by atoms with Crippen LogP contribution in [0.3, 0.4) is 0 Å². The average molecular weight is 264 g/mol. The molecule has 19 heavy (non-hydrogen) atoms. The van der Waals surface area contributed by atoms with Gasteiger partial charge in [0, 0.05) is 18.8 Å². The molecule has 1 aliphatic heterocycles. The van der Waals surface area contributed by atoms with Crippen molar-refractivity contribution >= 4 is 11.9 Å². The van der Waals surface area contributed by atoms with Gasteiger partial charge in [0.25, 0.3) is 5.91 Å². The number of carbonyl (C=O) groups excluding carboxylic acids is 1. The molecule has 1 aliphatic rings. The first kappa shape index (κ1) is 13.3. The highest BCUT2D eigenvalue weighted by molar-refractivity contribution is 5.97. The Morgan fingerprint density at radius 2 is 2.11 bits per heavy atom. The Morgan fingerprint density at radius 1 is 1.37 bits per heavy atom. The van der Waals surface area contributed by atoms with E-state index in [0.717, 1.165) is 12.8 Å². The van der Waals surface area contributed by atoms with Crippen molar-refractivity contribution in [2.24, 2.45) is 0 Å². The first-order valence-corrected chi connectivity index (χ1v) is 6.19. The Balaban J connectivity index is 2.33. The summed E-state index contributed by atoms with van der Waals surface area (Å²) in [6, 6.07) is 2.67. The van der Waals surface area contributed by atoms with Gasteiger partial charge in [-0.15, -0.1) is 0 Å². The molecule has 2 heterocycles. The predicted molar refractivity (Wildman–Crippen MR) is 68.0 cm³/mol. The van der Waals surface area contributed by atoms with E-state index < -0.39 is 11.5 Å². The molecule has 6 nitrogen and oxygen atoms in total. The summed E-state index contributed by atoms with van der Waals surface area (Å²) in [7, 11) is 0. The molecule has 1 aromatic rings. The van der Waals surface area contributed by atoms with E-state index in [2.05, 4.69) is 4.98 Å². The number of carboxylic acids is 1. The minimum absolute atomic E-state index is 0.295. The monoisotopic (exact) mass is 264 g/mol. The number of likely N-dealkylation sites (tertiary alicyclic amines) is 1. The maximum Gasteiger partial charge on any atom is 0.329 e. The summed E-state index contributed by atoms with van der Waals surface area (Å²) in [6.07, 6.45) is 3.34. The van der Waals surface area contributed by atoms with Gasteiger partial charge < -0.3 is 15.0 Å². The van der Waals surface area contributed by atoms with Crippen molar-refractivity contribution in [2.45, 2.75) is 31.7 Å². The highest BCUT2D eigenvalue weighted by Gasteiger charge is 2.44. The number of aromatic amines is 1. The van der Waals surface area contributed by atoms with Crippen molar-refractivity contribution in [3.05, 3.63) is 34.2 Å². The van der Waals surface area contributed by atoms with Gasteiger partial charge in [-0.1, -0.05) is 0 Å². The lowest BCUT2D eigenvalue weighted by atomic mass is 9.88. The third kappa shape index (κ3) is 2.38. The molecule has 0 aliphatic carbocycles. The van der Waals surface area contributed by atoms with Gasteiger partial charge in [0.15, 0.2) is 0 Å². The quantitative estimate of drug-likeness (QED) is 0.828. The van der Waals surface area contributed by atoms with Gasteiger partial charge in [0.2, 0.25) is 5.56 Å². The maximum absolute atomic E-state index is 12.4. The number of hydrogen-bond acceptors (Lipinski definition) is 3. The van der Waals surface area contributed by atoms with Crippen molar-refractivity contribution in [3.63, 3.8) is 0 Å². The van der Waals surface area contributed by atoms with E-state index in [1.807, 2.05) is 0 Å². The Bertz CT molecular complexity index is 546. The Hall–Kier alpha value is -2.11. The molecule has 0 bridgehead atoms. The molecule has 1 fully saturated rings. The van der Waals surface area contributed by atoms with Gasteiger partial charge >= 0.3 is 5.97 Å². The van der Waals surface area contributed by atoms with Crippen molar-refractivity contribution in [1.82, 2.24) is 9.88 Å². The van der Waals surface area contributed by atoms with E-state index in [9.17, 15) is 19.5 Å². The van der Waals surface area contributed by atoms with Crippen LogP contribution < -0.4 is 5.56 Å². The number of piperidine rings is 1. The van der Waals surface area contributed by atoms with E-state index in [-0.39, 0.29) is 11.5 Å². The largest absolute Gasteiger partial charge is 0.480 e. The zero-order chi connectivity index (χ0) is 14.0. The smallest absolute Gasteiger partial charge is 0.329 e. The van der Waals surface area contributed by atoms with E-state index in [1.165, 1.54) is 23.2 Å². The molecule has 2 rings (SSSR count). The molecule has 1 unspecified atom stereocenters. The fraction of sp³-hybridized carbons (Fsp3) is 0.462. The van der Waals surface area contributed by atoms with Crippen molar-refractivity contribution in [1.29, 1.82) is 0 Å². The average Bonchev–Trinajstić information content (AvgIpc) is 2.39. The van der Waals surface area contributed by atoms with Gasteiger partial charge in [-0.05, 0) is 32.3 Å². The van der Waals surface area contributed by atoms with Crippen molar-refractivity contribution in [2.75, 3.05) is 6.54 Å². The standard InChI is InChI=1S/C13H16N2O4/c1-13(12(18)19)6-2-3-7-15(13)11(17)9-4-5-10(16)14-8-9/h4-5,8H,2-3,6-7H2,1H3,(H,14,16)(H,18,19). The lowest BCUT2D eigenvalue weighted by Gasteiger charge is -2.41. The van der Waals surface area contributed by atoms with E-state index in [0.29, 0.717) is 18.5 Å². The van der Waals surface area contributed by atoms with Crippen LogP contribution in [0.5, 0.6) is 0 Å². The van der Waals surface area contributed by atoms with Gasteiger partial charge in [-0.25, -0.2) is 4.79 Å². The fourth-order valence-electron chi connectivity index (χ4n) is 2.37. The molecule has 2 N–H and O–H groups in total. The molecule has 1 aromatic heterocycles. The van der Waals surface area contributed by atoms with Crippen LogP contribution in [-0.4, -0.2) is 39.0 Å². The fourth-order valence-corrected chi connectivity index (χ4v) is 2.37. The molecule has 1 saturated heterocycles. The molecule has 0 aromatic carbocycles. The highest BCUT2D eigenvalue weighted by Crippen LogP contribution is 2.29. The highest BCUT2D eigenvalue weighted by atomic mass is 16.4. The minimum atomic E-state index is -1.18. The lowest BCUT2D eigenvalue weighted by molar-refractivity contribution is -0.150. The summed E-state index contributed by atoms with van der Waals surface area (Å²) in [6.45, 7) is 1.98. The molecule has 0 saturated carbocycles. The Kier molecular flexibility index (Phi) is 3.42. The number of carbonyl (C=O) groups is 2. The number of amides is 1. The van der Waals surface area contributed by atoms with E-state index >= 15 is 0 Å². The van der Waals surface area contributed by atoms with E-state index in [4.69, 9.17) is 0 Å². The number of aliphatic carboxylic acids is 1. The number of aromatic nitrogens is 1. The topological polar surface area (TPSA) is 90.5 Å². The van der Waals surface area contributed by atoms with Crippen molar-refractivity contribution in [3.8, 4) is 0 Å². The maximum atomic E-state index is 12.4. The Morgan fingerprint density at radius 3 is 2.68 bits per heavy atom. The number of hydrogen-bond donors (Lipinski definition) is 2. The van der Waals surface area contributed by atoms with Crippen molar-refractivity contribution < 1.29 is 14.7 Å². The molecule has 0 radical (unpaired) electrons. The zero-order valence-corrected chi connectivity index (χ0v) is 10.7. The number of pyridine rings is 1. The summed E-state index contributed by atoms with van der Waals surface area (Å²) >= 11 is 0. The number of H-pyrrole nitrogens is 1. The second-order valence-electron chi connectivity index (χ2n) is 4.93. The normalized spacial score (nSPS) is 23.1. The number of rotatable bonds is 2. The summed E-state index contributed by atoms with van der Waals surface area (Å²) in [5.74, 6) is -1.36. The zero-order valence-electron chi connectivity index (χ0n) is 10.7. The molecular formula is C13H16N2O4. The first-order valence-electron chi connectivity index (χ1n) is 6.19. The molecule has 0 spiro atoms. The molecule has 6 heteroatoms. The van der Waals surface area contributed by atoms with E-state index in [1.54, 1.807) is 6.92 Å². The van der Waals surface area contributed by atoms with Crippen LogP contribution >= 0.6 is 0 Å². The van der Waals surface area contributed by atoms with Gasteiger partial charge in [-0.2, -0.15) is 0 Å². The predicted octanol–water partition coefficient (Wildman–Crippen LogP) is 0.844. The molecular weight excluding hydrogens is 248 g/mol. The second kappa shape index (κ2) is 4.87. The van der Waals surface area contributed by atoms with Crippen LogP contribution in [0.25, 0.3) is 0 Å². The van der Waals surface area contributed by atoms with Gasteiger partial charge in [0.1, 0.15) is 5.54 Å². The SMILES string of the molecule is CC1(C(=O)O)CCCCN1C(=O)c1ccc(=O)[nH]c1.